The second-order valence-corrected chi connectivity index (χ2v) is 7.63. The van der Waals surface area contributed by atoms with Gasteiger partial charge in [0.2, 0.25) is 11.8 Å². The van der Waals surface area contributed by atoms with Crippen LogP contribution >= 0.6 is 0 Å². The summed E-state index contributed by atoms with van der Waals surface area (Å²) in [6, 6.07) is 24.0. The zero-order chi connectivity index (χ0) is 23.5. The van der Waals surface area contributed by atoms with E-state index in [2.05, 4.69) is 16.0 Å². The van der Waals surface area contributed by atoms with Crippen molar-refractivity contribution in [1.82, 2.24) is 0 Å². The smallest absolute Gasteiger partial charge is 0.243 e. The summed E-state index contributed by atoms with van der Waals surface area (Å²) in [6.45, 7) is 4.52. The van der Waals surface area contributed by atoms with Crippen molar-refractivity contribution < 1.29 is 19.1 Å². The molecule has 3 aromatic rings. The molecule has 0 aromatic heterocycles. The predicted molar refractivity (Wildman–Crippen MR) is 131 cm³/mol. The third kappa shape index (κ3) is 7.88. The normalized spacial score (nSPS) is 10.4. The summed E-state index contributed by atoms with van der Waals surface area (Å²) in [5.41, 5.74) is 2.05. The Morgan fingerprint density at radius 1 is 0.758 bits per heavy atom. The summed E-state index contributed by atoms with van der Waals surface area (Å²) in [6.07, 6.45) is 0. The van der Waals surface area contributed by atoms with Gasteiger partial charge in [0.1, 0.15) is 24.7 Å². The van der Waals surface area contributed by atoms with Gasteiger partial charge in [0.05, 0.1) is 12.2 Å². The van der Waals surface area contributed by atoms with Crippen LogP contribution in [0, 0.1) is 5.92 Å². The molecular formula is C26H29N3O4. The molecule has 3 N–H and O–H groups in total. The maximum atomic E-state index is 12.4. The lowest BCUT2D eigenvalue weighted by Gasteiger charge is -2.14. The third-order valence-corrected chi connectivity index (χ3v) is 4.64. The molecule has 3 aromatic carbocycles. The highest BCUT2D eigenvalue weighted by Crippen LogP contribution is 2.23. The Morgan fingerprint density at radius 3 is 2.06 bits per heavy atom. The van der Waals surface area contributed by atoms with Crippen molar-refractivity contribution in [1.29, 1.82) is 0 Å². The van der Waals surface area contributed by atoms with E-state index in [0.717, 1.165) is 11.4 Å². The van der Waals surface area contributed by atoms with Crippen LogP contribution in [0.15, 0.2) is 78.9 Å². The molecule has 0 aliphatic rings. The van der Waals surface area contributed by atoms with Crippen molar-refractivity contribution in [2.75, 3.05) is 35.7 Å². The molecule has 2 amide bonds. The maximum Gasteiger partial charge on any atom is 0.243 e. The van der Waals surface area contributed by atoms with Crippen LogP contribution < -0.4 is 25.4 Å². The van der Waals surface area contributed by atoms with Crippen molar-refractivity contribution in [2.45, 2.75) is 13.8 Å². The number of nitrogens with one attached hydrogen (secondary N) is 3. The Kier molecular flexibility index (Phi) is 8.71. The largest absolute Gasteiger partial charge is 0.490 e. The molecule has 7 nitrogen and oxygen atoms in total. The van der Waals surface area contributed by atoms with Crippen LogP contribution in [0.3, 0.4) is 0 Å². The maximum absolute atomic E-state index is 12.4. The second kappa shape index (κ2) is 12.1. The number of para-hydroxylation sites is 3. The molecule has 33 heavy (non-hydrogen) atoms. The molecule has 0 spiro atoms. The van der Waals surface area contributed by atoms with Gasteiger partial charge in [-0.2, -0.15) is 0 Å². The Balaban J connectivity index is 1.44. The molecule has 0 heterocycles. The van der Waals surface area contributed by atoms with Crippen molar-refractivity contribution in [3.63, 3.8) is 0 Å². The number of ether oxygens (including phenoxy) is 2. The van der Waals surface area contributed by atoms with E-state index in [9.17, 15) is 9.59 Å². The molecular weight excluding hydrogens is 418 g/mol. The van der Waals surface area contributed by atoms with Crippen LogP contribution in [0.2, 0.25) is 0 Å². The topological polar surface area (TPSA) is 88.7 Å². The van der Waals surface area contributed by atoms with Crippen molar-refractivity contribution in [3.8, 4) is 11.5 Å². The monoisotopic (exact) mass is 447 g/mol. The summed E-state index contributed by atoms with van der Waals surface area (Å²) >= 11 is 0. The van der Waals surface area contributed by atoms with E-state index in [1.165, 1.54) is 0 Å². The Morgan fingerprint density at radius 2 is 1.36 bits per heavy atom. The van der Waals surface area contributed by atoms with Crippen molar-refractivity contribution in [3.05, 3.63) is 78.9 Å². The van der Waals surface area contributed by atoms with Gasteiger partial charge in [-0.05, 0) is 48.5 Å². The van der Waals surface area contributed by atoms with Gasteiger partial charge in [-0.3, -0.25) is 9.59 Å². The van der Waals surface area contributed by atoms with Gasteiger partial charge in [-0.25, -0.2) is 0 Å². The standard InChI is InChI=1S/C26H29N3O4/c1-19(2)26(31)29-21-14-12-20(13-15-21)28-25(30)18-27-23-10-6-7-11-24(23)33-17-16-32-22-8-4-3-5-9-22/h3-15,19,27H,16-18H2,1-2H3,(H,28,30)(H,29,31). The lowest BCUT2D eigenvalue weighted by Crippen LogP contribution is -2.22. The summed E-state index contributed by atoms with van der Waals surface area (Å²) in [5.74, 6) is 1.09. The van der Waals surface area contributed by atoms with E-state index in [1.54, 1.807) is 24.3 Å². The van der Waals surface area contributed by atoms with Crippen LogP contribution in [0.1, 0.15) is 13.8 Å². The zero-order valence-corrected chi connectivity index (χ0v) is 18.8. The number of anilines is 3. The molecule has 0 radical (unpaired) electrons. The fraction of sp³-hybridized carbons (Fsp3) is 0.231. The molecule has 0 aliphatic heterocycles. The molecule has 0 saturated carbocycles. The molecule has 3 rings (SSSR count). The quantitative estimate of drug-likeness (QED) is 0.368. The minimum Gasteiger partial charge on any atom is -0.490 e. The fourth-order valence-corrected chi connectivity index (χ4v) is 2.87. The van der Waals surface area contributed by atoms with E-state index in [1.807, 2.05) is 68.4 Å². The zero-order valence-electron chi connectivity index (χ0n) is 18.8. The molecule has 7 heteroatoms. The molecule has 0 bridgehead atoms. The van der Waals surface area contributed by atoms with E-state index in [0.29, 0.717) is 30.3 Å². The van der Waals surface area contributed by atoms with E-state index in [-0.39, 0.29) is 24.3 Å². The Labute approximate surface area is 194 Å². The van der Waals surface area contributed by atoms with Crippen LogP contribution in [0.4, 0.5) is 17.1 Å². The lowest BCUT2D eigenvalue weighted by atomic mass is 10.2. The number of hydrogen-bond donors (Lipinski definition) is 3. The highest BCUT2D eigenvalue weighted by atomic mass is 16.5. The van der Waals surface area contributed by atoms with Crippen LogP contribution in [-0.4, -0.2) is 31.6 Å². The first kappa shape index (κ1) is 23.7. The number of rotatable bonds is 11. The number of carbonyl (C=O) groups is 2. The number of carbonyl (C=O) groups excluding carboxylic acids is 2. The van der Waals surface area contributed by atoms with Gasteiger partial charge in [-0.15, -0.1) is 0 Å². The predicted octanol–water partition coefficient (Wildman–Crippen LogP) is 4.79. The molecule has 0 atom stereocenters. The molecule has 0 aliphatic carbocycles. The Bertz CT molecular complexity index is 1040. The average molecular weight is 448 g/mol. The number of benzene rings is 3. The minimum absolute atomic E-state index is 0.0523. The summed E-state index contributed by atoms with van der Waals surface area (Å²) < 4.78 is 11.5. The first-order chi connectivity index (χ1) is 16.0. The van der Waals surface area contributed by atoms with Gasteiger partial charge in [-0.1, -0.05) is 44.2 Å². The second-order valence-electron chi connectivity index (χ2n) is 7.63. The molecule has 0 fully saturated rings. The first-order valence-corrected chi connectivity index (χ1v) is 10.9. The van der Waals surface area contributed by atoms with Gasteiger partial charge in [0, 0.05) is 17.3 Å². The number of hydrogen-bond acceptors (Lipinski definition) is 5. The fourth-order valence-electron chi connectivity index (χ4n) is 2.87. The number of amides is 2. The van der Waals surface area contributed by atoms with E-state index < -0.39 is 0 Å². The van der Waals surface area contributed by atoms with Crippen molar-refractivity contribution in [2.24, 2.45) is 5.92 Å². The molecule has 0 unspecified atom stereocenters. The highest BCUT2D eigenvalue weighted by molar-refractivity contribution is 5.95. The molecule has 0 saturated heterocycles. The van der Waals surface area contributed by atoms with Crippen LogP contribution in [-0.2, 0) is 9.59 Å². The minimum atomic E-state index is -0.198. The average Bonchev–Trinajstić information content (AvgIpc) is 2.83. The van der Waals surface area contributed by atoms with Crippen LogP contribution in [0.5, 0.6) is 11.5 Å². The SMILES string of the molecule is CC(C)C(=O)Nc1ccc(NC(=O)CNc2ccccc2OCCOc2ccccc2)cc1. The van der Waals surface area contributed by atoms with E-state index in [4.69, 9.17) is 9.47 Å². The van der Waals surface area contributed by atoms with Gasteiger partial charge in [0.15, 0.2) is 0 Å². The van der Waals surface area contributed by atoms with Crippen molar-refractivity contribution >= 4 is 28.9 Å². The summed E-state index contributed by atoms with van der Waals surface area (Å²) in [7, 11) is 0. The van der Waals surface area contributed by atoms with Crippen LogP contribution in [0.25, 0.3) is 0 Å². The summed E-state index contributed by atoms with van der Waals surface area (Å²) in [4.78, 5) is 24.1. The van der Waals surface area contributed by atoms with Gasteiger partial charge < -0.3 is 25.4 Å². The first-order valence-electron chi connectivity index (χ1n) is 10.9. The lowest BCUT2D eigenvalue weighted by molar-refractivity contribution is -0.119. The summed E-state index contributed by atoms with van der Waals surface area (Å²) in [5, 5.41) is 8.76. The highest BCUT2D eigenvalue weighted by Gasteiger charge is 2.09. The van der Waals surface area contributed by atoms with Gasteiger partial charge >= 0.3 is 0 Å². The Hall–Kier alpha value is -4.00. The molecule has 172 valence electrons. The van der Waals surface area contributed by atoms with E-state index >= 15 is 0 Å². The third-order valence-electron chi connectivity index (χ3n) is 4.64. The van der Waals surface area contributed by atoms with Gasteiger partial charge in [0.25, 0.3) is 0 Å².